The van der Waals surface area contributed by atoms with E-state index >= 15 is 0 Å². The Morgan fingerprint density at radius 1 is 1.25 bits per heavy atom. The summed E-state index contributed by atoms with van der Waals surface area (Å²) in [5.41, 5.74) is 0.562. The van der Waals surface area contributed by atoms with Crippen LogP contribution in [0.1, 0.15) is 12.8 Å². The minimum Gasteiger partial charge on any atom is -0.379 e. The Labute approximate surface area is 140 Å². The molecule has 1 unspecified atom stereocenters. The number of anilines is 1. The quantitative estimate of drug-likeness (QED) is 0.863. The van der Waals surface area contributed by atoms with Crippen LogP contribution in [0.5, 0.6) is 0 Å². The first-order valence-corrected chi connectivity index (χ1v) is 8.30. The average molecular weight is 335 g/mol. The molecular weight excluding hydrogens is 313 g/mol. The number of carbonyl (C=O) groups excluding carboxylic acids is 2. The molecule has 2 aliphatic rings. The van der Waals surface area contributed by atoms with Gasteiger partial charge in [-0.25, -0.2) is 4.39 Å². The lowest BCUT2D eigenvalue weighted by molar-refractivity contribution is -0.124. The van der Waals surface area contributed by atoms with E-state index in [1.54, 1.807) is 0 Å². The molecule has 7 heteroatoms. The molecule has 0 aliphatic carbocycles. The minimum atomic E-state index is -0.521. The van der Waals surface area contributed by atoms with Gasteiger partial charge in [0.25, 0.3) is 0 Å². The van der Waals surface area contributed by atoms with Gasteiger partial charge in [-0.2, -0.15) is 0 Å². The largest absolute Gasteiger partial charge is 0.379 e. The predicted molar refractivity (Wildman–Crippen MR) is 87.2 cm³/mol. The number of nitrogens with one attached hydrogen (secondary N) is 1. The summed E-state index contributed by atoms with van der Waals surface area (Å²) in [6.07, 6.45) is 0.818. The Bertz CT molecular complexity index is 587. The van der Waals surface area contributed by atoms with Gasteiger partial charge >= 0.3 is 0 Å². The first kappa shape index (κ1) is 16.9. The number of hydrogen-bond donors (Lipinski definition) is 1. The van der Waals surface area contributed by atoms with E-state index in [0.29, 0.717) is 25.1 Å². The van der Waals surface area contributed by atoms with Crippen LogP contribution in [0.15, 0.2) is 24.3 Å². The second-order valence-electron chi connectivity index (χ2n) is 6.04. The Morgan fingerprint density at radius 3 is 2.67 bits per heavy atom. The molecule has 2 amide bonds. The summed E-state index contributed by atoms with van der Waals surface area (Å²) in [5, 5.41) is 2.91. The first-order valence-electron chi connectivity index (χ1n) is 8.30. The number of rotatable bonds is 5. The van der Waals surface area contributed by atoms with Gasteiger partial charge in [-0.1, -0.05) is 0 Å². The van der Waals surface area contributed by atoms with E-state index in [1.165, 1.54) is 29.2 Å². The molecular formula is C17H22FN3O3. The zero-order valence-electron chi connectivity index (χ0n) is 13.5. The van der Waals surface area contributed by atoms with Crippen LogP contribution in [0, 0.1) is 5.82 Å². The van der Waals surface area contributed by atoms with Crippen LogP contribution in [0.4, 0.5) is 10.1 Å². The second kappa shape index (κ2) is 7.72. The average Bonchev–Trinajstić information content (AvgIpc) is 2.98. The van der Waals surface area contributed by atoms with Gasteiger partial charge in [-0.05, 0) is 30.7 Å². The zero-order valence-corrected chi connectivity index (χ0v) is 13.5. The standard InChI is InChI=1S/C17H22FN3O3/c18-13-1-3-14(4-2-13)21-15(5-6-16(21)22)17(23)19-7-8-20-9-11-24-12-10-20/h1-4,15H,5-12H2,(H,19,23). The van der Waals surface area contributed by atoms with E-state index in [4.69, 9.17) is 4.74 Å². The molecule has 2 saturated heterocycles. The number of halogens is 1. The Hall–Kier alpha value is -1.99. The predicted octanol–water partition coefficient (Wildman–Crippen LogP) is 0.770. The number of morpholine rings is 1. The molecule has 1 atom stereocenters. The van der Waals surface area contributed by atoms with Crippen molar-refractivity contribution in [1.82, 2.24) is 10.2 Å². The van der Waals surface area contributed by atoms with Crippen LogP contribution in [-0.2, 0) is 14.3 Å². The lowest BCUT2D eigenvalue weighted by Crippen LogP contribution is -2.47. The van der Waals surface area contributed by atoms with Gasteiger partial charge in [0, 0.05) is 38.3 Å². The Kier molecular flexibility index (Phi) is 5.42. The summed E-state index contributed by atoms with van der Waals surface area (Å²) >= 11 is 0. The van der Waals surface area contributed by atoms with Crippen molar-refractivity contribution in [3.8, 4) is 0 Å². The van der Waals surface area contributed by atoms with E-state index in [1.807, 2.05) is 0 Å². The van der Waals surface area contributed by atoms with Crippen molar-refractivity contribution in [3.05, 3.63) is 30.1 Å². The third kappa shape index (κ3) is 3.91. The zero-order chi connectivity index (χ0) is 16.9. The number of nitrogens with zero attached hydrogens (tertiary/aromatic N) is 2. The van der Waals surface area contributed by atoms with Gasteiger partial charge in [0.1, 0.15) is 11.9 Å². The summed E-state index contributed by atoms with van der Waals surface area (Å²) in [6, 6.07) is 5.15. The molecule has 1 N–H and O–H groups in total. The molecule has 2 fully saturated rings. The van der Waals surface area contributed by atoms with Gasteiger partial charge in [-0.15, -0.1) is 0 Å². The summed E-state index contributed by atoms with van der Waals surface area (Å²) in [4.78, 5) is 28.3. The van der Waals surface area contributed by atoms with Crippen LogP contribution >= 0.6 is 0 Å². The van der Waals surface area contributed by atoms with Crippen molar-refractivity contribution in [2.45, 2.75) is 18.9 Å². The van der Waals surface area contributed by atoms with Gasteiger partial charge in [0.2, 0.25) is 11.8 Å². The fourth-order valence-corrected chi connectivity index (χ4v) is 3.14. The lowest BCUT2D eigenvalue weighted by atomic mass is 10.2. The van der Waals surface area contributed by atoms with Gasteiger partial charge in [0.05, 0.1) is 13.2 Å². The van der Waals surface area contributed by atoms with Crippen molar-refractivity contribution >= 4 is 17.5 Å². The highest BCUT2D eigenvalue weighted by molar-refractivity contribution is 6.03. The van der Waals surface area contributed by atoms with Crippen LogP contribution in [0.2, 0.25) is 0 Å². The maximum atomic E-state index is 13.1. The smallest absolute Gasteiger partial charge is 0.243 e. The molecule has 2 heterocycles. The number of ether oxygens (including phenoxy) is 1. The summed E-state index contributed by atoms with van der Waals surface area (Å²) in [6.45, 7) is 4.51. The molecule has 2 aliphatic heterocycles. The third-order valence-corrected chi connectivity index (χ3v) is 4.45. The maximum Gasteiger partial charge on any atom is 0.243 e. The molecule has 1 aromatic rings. The van der Waals surface area contributed by atoms with Crippen molar-refractivity contribution in [3.63, 3.8) is 0 Å². The maximum absolute atomic E-state index is 13.1. The lowest BCUT2D eigenvalue weighted by Gasteiger charge is -2.27. The summed E-state index contributed by atoms with van der Waals surface area (Å²) < 4.78 is 18.4. The van der Waals surface area contributed by atoms with E-state index < -0.39 is 6.04 Å². The van der Waals surface area contributed by atoms with E-state index in [0.717, 1.165) is 32.8 Å². The molecule has 1 aromatic carbocycles. The monoisotopic (exact) mass is 335 g/mol. The highest BCUT2D eigenvalue weighted by Gasteiger charge is 2.36. The molecule has 0 bridgehead atoms. The van der Waals surface area contributed by atoms with E-state index in [9.17, 15) is 14.0 Å². The van der Waals surface area contributed by atoms with Crippen molar-refractivity contribution in [2.24, 2.45) is 0 Å². The van der Waals surface area contributed by atoms with Gasteiger partial charge < -0.3 is 10.1 Å². The molecule has 130 valence electrons. The van der Waals surface area contributed by atoms with Gasteiger partial charge in [0.15, 0.2) is 0 Å². The van der Waals surface area contributed by atoms with Crippen molar-refractivity contribution in [2.75, 3.05) is 44.3 Å². The molecule has 6 nitrogen and oxygen atoms in total. The Morgan fingerprint density at radius 2 is 1.96 bits per heavy atom. The molecule has 0 saturated carbocycles. The topological polar surface area (TPSA) is 61.9 Å². The number of amides is 2. The highest BCUT2D eigenvalue weighted by atomic mass is 19.1. The number of carbonyl (C=O) groups is 2. The molecule has 0 aromatic heterocycles. The Balaban J connectivity index is 1.56. The molecule has 0 spiro atoms. The van der Waals surface area contributed by atoms with Crippen molar-refractivity contribution < 1.29 is 18.7 Å². The van der Waals surface area contributed by atoms with Crippen LogP contribution in [0.3, 0.4) is 0 Å². The van der Waals surface area contributed by atoms with E-state index in [2.05, 4.69) is 10.2 Å². The van der Waals surface area contributed by atoms with Gasteiger partial charge in [-0.3, -0.25) is 19.4 Å². The fourth-order valence-electron chi connectivity index (χ4n) is 3.14. The third-order valence-electron chi connectivity index (χ3n) is 4.45. The minimum absolute atomic E-state index is 0.102. The fraction of sp³-hybridized carbons (Fsp3) is 0.529. The normalized spacial score (nSPS) is 22.0. The molecule has 0 radical (unpaired) electrons. The first-order chi connectivity index (χ1) is 11.6. The summed E-state index contributed by atoms with van der Waals surface area (Å²) in [5.74, 6) is -0.620. The number of hydrogen-bond acceptors (Lipinski definition) is 4. The summed E-state index contributed by atoms with van der Waals surface area (Å²) in [7, 11) is 0. The van der Waals surface area contributed by atoms with Crippen LogP contribution in [0.25, 0.3) is 0 Å². The molecule has 3 rings (SSSR count). The SMILES string of the molecule is O=C(NCCN1CCOCC1)C1CCC(=O)N1c1ccc(F)cc1. The van der Waals surface area contributed by atoms with Crippen molar-refractivity contribution in [1.29, 1.82) is 0 Å². The van der Waals surface area contributed by atoms with E-state index in [-0.39, 0.29) is 17.6 Å². The van der Waals surface area contributed by atoms with Crippen LogP contribution < -0.4 is 10.2 Å². The highest BCUT2D eigenvalue weighted by Crippen LogP contribution is 2.26. The number of benzene rings is 1. The van der Waals surface area contributed by atoms with Crippen LogP contribution in [-0.4, -0.2) is 62.1 Å². The molecule has 24 heavy (non-hydrogen) atoms. The second-order valence-corrected chi connectivity index (χ2v) is 6.04.